The minimum Gasteiger partial charge on any atom is -0.508 e. The van der Waals surface area contributed by atoms with Crippen LogP contribution >= 0.6 is 0 Å². The van der Waals surface area contributed by atoms with E-state index in [1.807, 2.05) is 19.1 Å². The second-order valence-electron chi connectivity index (χ2n) is 1.84. The molecule has 0 aliphatic rings. The van der Waals surface area contributed by atoms with Crippen molar-refractivity contribution in [1.29, 1.82) is 0 Å². The molecule has 0 saturated heterocycles. The molecule has 1 aromatic rings. The van der Waals surface area contributed by atoms with Crippen molar-refractivity contribution in [3.8, 4) is 5.75 Å². The van der Waals surface area contributed by atoms with Gasteiger partial charge < -0.3 is 5.11 Å². The molecule has 0 fully saturated rings. The van der Waals surface area contributed by atoms with E-state index < -0.39 is 0 Å². The molecule has 0 aromatic heterocycles. The van der Waals surface area contributed by atoms with E-state index in [1.165, 1.54) is 5.56 Å². The SMILES string of the molecule is Cc1ccc(O)cc1.[K+]. The minimum atomic E-state index is 0. The van der Waals surface area contributed by atoms with Gasteiger partial charge in [-0.1, -0.05) is 17.7 Å². The van der Waals surface area contributed by atoms with Gasteiger partial charge in [0.25, 0.3) is 0 Å². The quantitative estimate of drug-likeness (QED) is 0.452. The summed E-state index contributed by atoms with van der Waals surface area (Å²) in [5, 5.41) is 8.76. The molecule has 0 amide bonds. The first-order chi connectivity index (χ1) is 3.79. The Kier molecular flexibility index (Phi) is 4.79. The number of hydrogen-bond acceptors (Lipinski definition) is 1. The molecule has 0 heterocycles. The van der Waals surface area contributed by atoms with E-state index in [0.29, 0.717) is 5.75 Å². The van der Waals surface area contributed by atoms with E-state index >= 15 is 0 Å². The number of hydrogen-bond donors (Lipinski definition) is 1. The molecule has 1 N–H and O–H groups in total. The molecule has 0 atom stereocenters. The number of phenolic OH excluding ortho intramolecular Hbond substituents is 1. The van der Waals surface area contributed by atoms with Crippen molar-refractivity contribution in [3.63, 3.8) is 0 Å². The second kappa shape index (κ2) is 4.47. The predicted octanol–water partition coefficient (Wildman–Crippen LogP) is -1.30. The van der Waals surface area contributed by atoms with Crippen LogP contribution in [0.3, 0.4) is 0 Å². The average Bonchev–Trinajstić information content (AvgIpc) is 1.77. The van der Waals surface area contributed by atoms with Crippen molar-refractivity contribution in [3.05, 3.63) is 29.8 Å². The molecule has 0 saturated carbocycles. The Bertz CT molecular complexity index is 148. The van der Waals surface area contributed by atoms with Gasteiger partial charge in [0.2, 0.25) is 0 Å². The van der Waals surface area contributed by atoms with Crippen LogP contribution in [0.4, 0.5) is 0 Å². The Hall–Kier alpha value is 0.656. The Labute approximate surface area is 97.5 Å². The molecule has 2 heteroatoms. The van der Waals surface area contributed by atoms with Gasteiger partial charge >= 0.3 is 51.4 Å². The molecule has 0 radical (unpaired) electrons. The minimum absolute atomic E-state index is 0. The van der Waals surface area contributed by atoms with Crippen LogP contribution in [0.25, 0.3) is 0 Å². The predicted molar refractivity (Wildman–Crippen MR) is 32.8 cm³/mol. The van der Waals surface area contributed by atoms with Crippen molar-refractivity contribution in [2.24, 2.45) is 0 Å². The summed E-state index contributed by atoms with van der Waals surface area (Å²) in [6.07, 6.45) is 0. The first kappa shape index (κ1) is 9.66. The molecule has 9 heavy (non-hydrogen) atoms. The summed E-state index contributed by atoms with van der Waals surface area (Å²) in [4.78, 5) is 0. The summed E-state index contributed by atoms with van der Waals surface area (Å²) in [5.74, 6) is 0.329. The number of phenols is 1. The van der Waals surface area contributed by atoms with Gasteiger partial charge in [-0.15, -0.1) is 0 Å². The van der Waals surface area contributed by atoms with Gasteiger partial charge in [-0.25, -0.2) is 0 Å². The molecule has 1 rings (SSSR count). The van der Waals surface area contributed by atoms with Crippen LogP contribution in [0, 0.1) is 6.92 Å². The Morgan fingerprint density at radius 3 is 1.89 bits per heavy atom. The fourth-order valence-electron chi connectivity index (χ4n) is 0.545. The van der Waals surface area contributed by atoms with Crippen LogP contribution in [-0.2, 0) is 0 Å². The topological polar surface area (TPSA) is 20.2 Å². The van der Waals surface area contributed by atoms with Crippen LogP contribution in [0.15, 0.2) is 24.3 Å². The van der Waals surface area contributed by atoms with Gasteiger partial charge in [-0.2, -0.15) is 0 Å². The van der Waals surface area contributed by atoms with Gasteiger partial charge in [-0.05, 0) is 19.1 Å². The normalized spacial score (nSPS) is 8.11. The Morgan fingerprint density at radius 2 is 1.56 bits per heavy atom. The van der Waals surface area contributed by atoms with Crippen LogP contribution in [0.2, 0.25) is 0 Å². The first-order valence-corrected chi connectivity index (χ1v) is 2.54. The third-order valence-corrected chi connectivity index (χ3v) is 1.03. The van der Waals surface area contributed by atoms with Gasteiger partial charge in [-0.3, -0.25) is 0 Å². The zero-order chi connectivity index (χ0) is 5.98. The molecule has 0 bridgehead atoms. The summed E-state index contributed by atoms with van der Waals surface area (Å²) in [6, 6.07) is 7.09. The van der Waals surface area contributed by atoms with Gasteiger partial charge in [0, 0.05) is 0 Å². The Morgan fingerprint density at radius 1 is 1.11 bits per heavy atom. The zero-order valence-corrected chi connectivity index (χ0v) is 8.88. The van der Waals surface area contributed by atoms with Crippen LogP contribution < -0.4 is 51.4 Å². The van der Waals surface area contributed by atoms with Crippen LogP contribution in [0.1, 0.15) is 5.56 Å². The van der Waals surface area contributed by atoms with E-state index in [1.54, 1.807) is 12.1 Å². The summed E-state index contributed by atoms with van der Waals surface area (Å²) in [6.45, 7) is 1.99. The van der Waals surface area contributed by atoms with Crippen molar-refractivity contribution in [2.75, 3.05) is 0 Å². The smallest absolute Gasteiger partial charge is 0.508 e. The fraction of sp³-hybridized carbons (Fsp3) is 0.143. The maximum Gasteiger partial charge on any atom is 1.00 e. The molecule has 0 aliphatic carbocycles. The third-order valence-electron chi connectivity index (χ3n) is 1.03. The second-order valence-corrected chi connectivity index (χ2v) is 1.84. The zero-order valence-electron chi connectivity index (χ0n) is 5.76. The summed E-state index contributed by atoms with van der Waals surface area (Å²) >= 11 is 0. The van der Waals surface area contributed by atoms with E-state index in [4.69, 9.17) is 5.11 Å². The maximum absolute atomic E-state index is 8.76. The van der Waals surface area contributed by atoms with Crippen LogP contribution in [0.5, 0.6) is 5.75 Å². The fourth-order valence-corrected chi connectivity index (χ4v) is 0.545. The van der Waals surface area contributed by atoms with Gasteiger partial charge in [0.05, 0.1) is 0 Å². The summed E-state index contributed by atoms with van der Waals surface area (Å²) < 4.78 is 0. The molecule has 42 valence electrons. The summed E-state index contributed by atoms with van der Waals surface area (Å²) in [5.41, 5.74) is 1.17. The van der Waals surface area contributed by atoms with Crippen molar-refractivity contribution in [2.45, 2.75) is 6.92 Å². The van der Waals surface area contributed by atoms with E-state index in [-0.39, 0.29) is 51.4 Å². The van der Waals surface area contributed by atoms with Crippen LogP contribution in [-0.4, -0.2) is 5.11 Å². The van der Waals surface area contributed by atoms with E-state index in [2.05, 4.69) is 0 Å². The number of aryl methyl sites for hydroxylation is 1. The number of rotatable bonds is 0. The molecule has 1 nitrogen and oxygen atoms in total. The van der Waals surface area contributed by atoms with E-state index in [9.17, 15) is 0 Å². The maximum atomic E-state index is 8.76. The standard InChI is InChI=1S/C7H8O.K/c1-6-2-4-7(8)5-3-6;/h2-5,8H,1H3;/q;+1. The molecule has 0 spiro atoms. The third kappa shape index (κ3) is 3.38. The summed E-state index contributed by atoms with van der Waals surface area (Å²) in [7, 11) is 0. The molecule has 0 unspecified atom stereocenters. The molecule has 1 aromatic carbocycles. The molecular formula is C7H8KO+. The molecule has 0 aliphatic heterocycles. The molecular weight excluding hydrogens is 139 g/mol. The van der Waals surface area contributed by atoms with Gasteiger partial charge in [0.15, 0.2) is 0 Å². The van der Waals surface area contributed by atoms with Crippen molar-refractivity contribution < 1.29 is 56.5 Å². The van der Waals surface area contributed by atoms with E-state index in [0.717, 1.165) is 0 Å². The number of benzene rings is 1. The Balaban J connectivity index is 0.000000640. The number of aromatic hydroxyl groups is 1. The van der Waals surface area contributed by atoms with Crippen molar-refractivity contribution >= 4 is 0 Å². The largest absolute Gasteiger partial charge is 1.00 e. The first-order valence-electron chi connectivity index (χ1n) is 2.54. The average molecular weight is 147 g/mol. The van der Waals surface area contributed by atoms with Crippen molar-refractivity contribution in [1.82, 2.24) is 0 Å². The van der Waals surface area contributed by atoms with Gasteiger partial charge in [0.1, 0.15) is 5.75 Å². The monoisotopic (exact) mass is 147 g/mol.